The molecule has 25 heavy (non-hydrogen) atoms. The van der Waals surface area contributed by atoms with Crippen molar-refractivity contribution in [2.24, 2.45) is 0 Å². The fourth-order valence-corrected chi connectivity index (χ4v) is 3.88. The molecule has 0 radical (unpaired) electrons. The Labute approximate surface area is 150 Å². The summed E-state index contributed by atoms with van der Waals surface area (Å²) in [5, 5.41) is 8.93. The Morgan fingerprint density at radius 1 is 1.36 bits per heavy atom. The first-order valence-electron chi connectivity index (χ1n) is 9.13. The van der Waals surface area contributed by atoms with Crippen LogP contribution in [0.2, 0.25) is 25.7 Å². The average molecular weight is 363 g/mol. The summed E-state index contributed by atoms with van der Waals surface area (Å²) in [5.41, 5.74) is 0.841. The van der Waals surface area contributed by atoms with E-state index in [4.69, 9.17) is 4.74 Å². The van der Waals surface area contributed by atoms with Crippen LogP contribution in [0, 0.1) is 0 Å². The molecule has 0 amide bonds. The van der Waals surface area contributed by atoms with Crippen LogP contribution < -0.4 is 10.2 Å². The van der Waals surface area contributed by atoms with Crippen molar-refractivity contribution in [3.05, 3.63) is 12.5 Å². The Balaban J connectivity index is 1.71. The lowest BCUT2D eigenvalue weighted by molar-refractivity contribution is 0.0813. The van der Waals surface area contributed by atoms with E-state index >= 15 is 0 Å². The molecule has 0 aromatic carbocycles. The molecule has 8 heteroatoms. The Morgan fingerprint density at radius 3 is 2.92 bits per heavy atom. The van der Waals surface area contributed by atoms with E-state index in [1.807, 2.05) is 10.9 Å². The highest BCUT2D eigenvalue weighted by Crippen LogP contribution is 2.25. The van der Waals surface area contributed by atoms with Gasteiger partial charge >= 0.3 is 0 Å². The molecule has 0 spiro atoms. The van der Waals surface area contributed by atoms with Gasteiger partial charge in [0.2, 0.25) is 0 Å². The summed E-state index contributed by atoms with van der Waals surface area (Å²) in [5.74, 6) is 0.951. The van der Waals surface area contributed by atoms with Gasteiger partial charge in [-0.25, -0.2) is 14.6 Å². The number of aromatic nitrogens is 4. The van der Waals surface area contributed by atoms with Gasteiger partial charge in [0, 0.05) is 34.3 Å². The number of hydrogen-bond acceptors (Lipinski definition) is 6. The molecule has 3 heterocycles. The van der Waals surface area contributed by atoms with Crippen LogP contribution in [-0.2, 0) is 11.5 Å². The second-order valence-corrected chi connectivity index (χ2v) is 13.7. The van der Waals surface area contributed by atoms with Crippen molar-refractivity contribution in [1.29, 1.82) is 0 Å². The largest absolute Gasteiger partial charge is 0.359 e. The van der Waals surface area contributed by atoms with Gasteiger partial charge in [-0.2, -0.15) is 5.10 Å². The highest BCUT2D eigenvalue weighted by Gasteiger charge is 2.22. The molecule has 1 aliphatic rings. The van der Waals surface area contributed by atoms with Crippen LogP contribution in [0.4, 0.5) is 5.82 Å². The van der Waals surface area contributed by atoms with Gasteiger partial charge in [0.15, 0.2) is 5.65 Å². The van der Waals surface area contributed by atoms with Crippen molar-refractivity contribution in [1.82, 2.24) is 25.1 Å². The standard InChI is InChI=1S/C17H30N6OSi/c1-22(14-6-5-7-18-10-14)16-15-11-21-23(17(15)20-12-19-16)13-24-8-9-25(2,3)4/h11-12,14,18H,5-10,13H2,1-4H3/t14-/m1/s1. The minimum atomic E-state index is -1.07. The van der Waals surface area contributed by atoms with Crippen LogP contribution in [0.1, 0.15) is 12.8 Å². The fourth-order valence-electron chi connectivity index (χ4n) is 3.12. The Hall–Kier alpha value is -1.51. The topological polar surface area (TPSA) is 68.1 Å². The molecule has 0 aliphatic carbocycles. The number of nitrogens with zero attached hydrogens (tertiary/aromatic N) is 5. The molecule has 0 unspecified atom stereocenters. The third kappa shape index (κ3) is 4.56. The summed E-state index contributed by atoms with van der Waals surface area (Å²) in [7, 11) is 1.04. The van der Waals surface area contributed by atoms with Crippen molar-refractivity contribution in [2.75, 3.05) is 31.6 Å². The first-order chi connectivity index (χ1) is 12.0. The predicted molar refractivity (Wildman–Crippen MR) is 104 cm³/mol. The molecule has 1 atom stereocenters. The maximum atomic E-state index is 5.83. The van der Waals surface area contributed by atoms with Crippen LogP contribution in [0.3, 0.4) is 0 Å². The smallest absolute Gasteiger partial charge is 0.165 e. The molecule has 1 fully saturated rings. The van der Waals surface area contributed by atoms with Crippen LogP contribution >= 0.6 is 0 Å². The van der Waals surface area contributed by atoms with E-state index in [1.165, 1.54) is 12.8 Å². The van der Waals surface area contributed by atoms with E-state index < -0.39 is 8.07 Å². The van der Waals surface area contributed by atoms with Gasteiger partial charge in [-0.05, 0) is 25.4 Å². The van der Waals surface area contributed by atoms with E-state index in [0.29, 0.717) is 12.8 Å². The number of likely N-dealkylation sites (N-methyl/N-ethyl adjacent to an activating group) is 1. The Bertz CT molecular complexity index is 692. The van der Waals surface area contributed by atoms with Gasteiger partial charge in [0.1, 0.15) is 18.9 Å². The molecular weight excluding hydrogens is 332 g/mol. The molecule has 0 saturated carbocycles. The number of nitrogens with one attached hydrogen (secondary N) is 1. The fraction of sp³-hybridized carbons (Fsp3) is 0.706. The predicted octanol–water partition coefficient (Wildman–Crippen LogP) is 2.33. The summed E-state index contributed by atoms with van der Waals surface area (Å²) < 4.78 is 7.66. The Morgan fingerprint density at radius 2 is 2.20 bits per heavy atom. The third-order valence-corrected chi connectivity index (χ3v) is 6.48. The lowest BCUT2D eigenvalue weighted by Gasteiger charge is -2.32. The van der Waals surface area contributed by atoms with Crippen molar-refractivity contribution in [2.45, 2.75) is 51.3 Å². The molecule has 1 N–H and O–H groups in total. The second kappa shape index (κ2) is 7.80. The summed E-state index contributed by atoms with van der Waals surface area (Å²) >= 11 is 0. The number of fused-ring (bicyclic) bond motifs is 1. The van der Waals surface area contributed by atoms with E-state index in [9.17, 15) is 0 Å². The number of piperidine rings is 1. The molecule has 0 bridgehead atoms. The number of anilines is 1. The van der Waals surface area contributed by atoms with Gasteiger partial charge in [-0.15, -0.1) is 0 Å². The summed E-state index contributed by atoms with van der Waals surface area (Å²) in [6.45, 7) is 10.4. The zero-order chi connectivity index (χ0) is 17.9. The van der Waals surface area contributed by atoms with E-state index in [2.05, 4.69) is 52.0 Å². The van der Waals surface area contributed by atoms with E-state index in [1.54, 1.807) is 6.33 Å². The first-order valence-corrected chi connectivity index (χ1v) is 12.8. The average Bonchev–Trinajstić information content (AvgIpc) is 3.01. The molecule has 3 rings (SSSR count). The van der Waals surface area contributed by atoms with Crippen molar-refractivity contribution in [3.63, 3.8) is 0 Å². The van der Waals surface area contributed by atoms with Crippen LogP contribution in [0.5, 0.6) is 0 Å². The lowest BCUT2D eigenvalue weighted by Crippen LogP contribution is -2.44. The van der Waals surface area contributed by atoms with Crippen LogP contribution in [-0.4, -0.2) is 60.6 Å². The maximum absolute atomic E-state index is 5.83. The normalized spacial score (nSPS) is 18.6. The van der Waals surface area contributed by atoms with Gasteiger partial charge in [-0.1, -0.05) is 19.6 Å². The number of rotatable bonds is 7. The lowest BCUT2D eigenvalue weighted by atomic mass is 10.1. The summed E-state index contributed by atoms with van der Waals surface area (Å²) in [6, 6.07) is 1.62. The number of ether oxygens (including phenoxy) is 1. The van der Waals surface area contributed by atoms with Gasteiger partial charge in [-0.3, -0.25) is 0 Å². The molecular formula is C17H30N6OSi. The molecule has 1 saturated heterocycles. The maximum Gasteiger partial charge on any atom is 0.165 e. The first kappa shape index (κ1) is 18.3. The minimum Gasteiger partial charge on any atom is -0.359 e. The molecule has 138 valence electrons. The van der Waals surface area contributed by atoms with E-state index in [-0.39, 0.29) is 0 Å². The van der Waals surface area contributed by atoms with Crippen LogP contribution in [0.25, 0.3) is 11.0 Å². The summed E-state index contributed by atoms with van der Waals surface area (Å²) in [4.78, 5) is 11.2. The third-order valence-electron chi connectivity index (χ3n) is 4.78. The highest BCUT2D eigenvalue weighted by molar-refractivity contribution is 6.76. The quantitative estimate of drug-likeness (QED) is 0.602. The van der Waals surface area contributed by atoms with Crippen molar-refractivity contribution >= 4 is 24.9 Å². The molecule has 1 aliphatic heterocycles. The van der Waals surface area contributed by atoms with Crippen LogP contribution in [0.15, 0.2) is 12.5 Å². The molecule has 7 nitrogen and oxygen atoms in total. The Kier molecular flexibility index (Phi) is 5.70. The zero-order valence-corrected chi connectivity index (χ0v) is 16.8. The van der Waals surface area contributed by atoms with Crippen molar-refractivity contribution in [3.8, 4) is 0 Å². The SMILES string of the molecule is CN(c1ncnc2c1cnn2COCC[Si](C)(C)C)[C@@H]1CCCNC1. The molecule has 2 aromatic rings. The highest BCUT2D eigenvalue weighted by atomic mass is 28.3. The van der Waals surface area contributed by atoms with E-state index in [0.717, 1.165) is 42.6 Å². The van der Waals surface area contributed by atoms with Crippen molar-refractivity contribution < 1.29 is 4.74 Å². The zero-order valence-electron chi connectivity index (χ0n) is 15.8. The number of hydrogen-bond donors (Lipinski definition) is 1. The van der Waals surface area contributed by atoms with Gasteiger partial charge in [0.25, 0.3) is 0 Å². The monoisotopic (exact) mass is 362 g/mol. The van der Waals surface area contributed by atoms with Gasteiger partial charge in [0.05, 0.1) is 11.6 Å². The second-order valence-electron chi connectivity index (χ2n) is 8.04. The molecule has 2 aromatic heterocycles. The summed E-state index contributed by atoms with van der Waals surface area (Å²) in [6.07, 6.45) is 5.88. The van der Waals surface area contributed by atoms with Gasteiger partial charge < -0.3 is 15.0 Å². The minimum absolute atomic E-state index is 0.444.